The molecule has 0 saturated heterocycles. The molecule has 0 N–H and O–H groups in total. The molecule has 3 atom stereocenters. The van der Waals surface area contributed by atoms with Crippen molar-refractivity contribution in [3.05, 3.63) is 49.0 Å². The van der Waals surface area contributed by atoms with Crippen molar-refractivity contribution < 1.29 is 21.9 Å². The highest BCUT2D eigenvalue weighted by atomic mass is 28.5. The van der Waals surface area contributed by atoms with Crippen molar-refractivity contribution in [2.45, 2.75) is 39.0 Å². The van der Waals surface area contributed by atoms with Crippen LogP contribution >= 0.6 is 0 Å². The van der Waals surface area contributed by atoms with Crippen molar-refractivity contribution in [3.8, 4) is 0 Å². The van der Waals surface area contributed by atoms with Crippen molar-refractivity contribution in [3.63, 3.8) is 0 Å². The van der Waals surface area contributed by atoms with Gasteiger partial charge in [0.2, 0.25) is 0 Å². The summed E-state index contributed by atoms with van der Waals surface area (Å²) in [5, 5.41) is 0. The van der Waals surface area contributed by atoms with Crippen LogP contribution in [0.4, 0.5) is 0 Å². The Labute approximate surface area is 158 Å². The maximum atomic E-state index is 11.5. The molecule has 3 unspecified atom stereocenters. The van der Waals surface area contributed by atoms with Crippen molar-refractivity contribution in [2.24, 2.45) is 0 Å². The molecule has 25 heavy (non-hydrogen) atoms. The molecule has 0 aliphatic carbocycles. The molecular formula is C16H32O5Si4. The predicted molar refractivity (Wildman–Crippen MR) is 114 cm³/mol. The van der Waals surface area contributed by atoms with E-state index in [0.29, 0.717) is 18.0 Å². The lowest BCUT2D eigenvalue weighted by Gasteiger charge is -2.35. The van der Waals surface area contributed by atoms with Crippen LogP contribution < -0.4 is 0 Å². The lowest BCUT2D eigenvalue weighted by Crippen LogP contribution is -2.53. The standard InChI is InChI=1S/C16H32O5Si4/c1-9-22(6)19-25(20-23(7)10-2,21-24(8)11-3)14-12-13-18-16(17)15(4)5/h9-11,22-24H,1-4,12-14H2,5-8H3. The largest absolute Gasteiger partial charge is 0.469 e. The Morgan fingerprint density at radius 2 is 1.36 bits per heavy atom. The third-order valence-electron chi connectivity index (χ3n) is 3.30. The van der Waals surface area contributed by atoms with Gasteiger partial charge in [-0.05, 0) is 33.0 Å². The van der Waals surface area contributed by atoms with E-state index in [-0.39, 0.29) is 12.6 Å². The number of hydrogen-bond donors (Lipinski definition) is 0. The van der Waals surface area contributed by atoms with Crippen LogP contribution in [-0.2, 0) is 21.9 Å². The maximum absolute atomic E-state index is 11.5. The Bertz CT molecular complexity index is 442. The van der Waals surface area contributed by atoms with Crippen LogP contribution in [0.15, 0.2) is 49.0 Å². The third-order valence-corrected chi connectivity index (χ3v) is 15.0. The molecular weight excluding hydrogens is 385 g/mol. The summed E-state index contributed by atoms with van der Waals surface area (Å²) >= 11 is 0. The molecule has 0 fully saturated rings. The second-order valence-electron chi connectivity index (χ2n) is 5.88. The minimum atomic E-state index is -2.89. The first-order valence-corrected chi connectivity index (χ1v) is 17.2. The quantitative estimate of drug-likeness (QED) is 0.189. The number of rotatable bonds is 14. The molecule has 0 bridgehead atoms. The van der Waals surface area contributed by atoms with Gasteiger partial charge in [-0.25, -0.2) is 4.79 Å². The van der Waals surface area contributed by atoms with Crippen LogP contribution in [0, 0.1) is 0 Å². The molecule has 0 aromatic carbocycles. The Balaban J connectivity index is 5.16. The van der Waals surface area contributed by atoms with Gasteiger partial charge >= 0.3 is 14.8 Å². The second-order valence-corrected chi connectivity index (χ2v) is 16.2. The summed E-state index contributed by atoms with van der Waals surface area (Å²) in [6.45, 7) is 23.1. The summed E-state index contributed by atoms with van der Waals surface area (Å²) in [7, 11) is -7.70. The van der Waals surface area contributed by atoms with E-state index in [1.807, 2.05) is 36.7 Å². The monoisotopic (exact) mass is 416 g/mol. The smallest absolute Gasteiger partial charge is 0.462 e. The molecule has 9 heteroatoms. The fourth-order valence-electron chi connectivity index (χ4n) is 1.83. The van der Waals surface area contributed by atoms with Gasteiger partial charge in [-0.2, -0.15) is 0 Å². The molecule has 5 nitrogen and oxygen atoms in total. The van der Waals surface area contributed by atoms with Crippen molar-refractivity contribution in [1.29, 1.82) is 0 Å². The Morgan fingerprint density at radius 3 is 1.68 bits per heavy atom. The van der Waals surface area contributed by atoms with Crippen molar-refractivity contribution in [1.82, 2.24) is 0 Å². The van der Waals surface area contributed by atoms with Crippen LogP contribution in [-0.4, -0.2) is 48.5 Å². The molecule has 0 saturated carbocycles. The van der Waals surface area contributed by atoms with Crippen molar-refractivity contribution >= 4 is 41.9 Å². The van der Waals surface area contributed by atoms with E-state index < -0.39 is 35.9 Å². The van der Waals surface area contributed by atoms with E-state index >= 15 is 0 Å². The normalized spacial score (nSPS) is 16.8. The van der Waals surface area contributed by atoms with E-state index in [9.17, 15) is 4.79 Å². The van der Waals surface area contributed by atoms with Crippen LogP contribution in [0.5, 0.6) is 0 Å². The van der Waals surface area contributed by atoms with Gasteiger partial charge in [0.1, 0.15) is 0 Å². The average molecular weight is 417 g/mol. The Kier molecular flexibility index (Phi) is 12.1. The summed E-state index contributed by atoms with van der Waals surface area (Å²) in [6.07, 6.45) is 0.611. The fourth-order valence-corrected chi connectivity index (χ4v) is 13.9. The minimum absolute atomic E-state index is 0.286. The summed E-state index contributed by atoms with van der Waals surface area (Å²) < 4.78 is 24.1. The van der Waals surface area contributed by atoms with Gasteiger partial charge in [-0.1, -0.05) is 23.7 Å². The topological polar surface area (TPSA) is 54.0 Å². The van der Waals surface area contributed by atoms with Crippen LogP contribution in [0.1, 0.15) is 13.3 Å². The lowest BCUT2D eigenvalue weighted by molar-refractivity contribution is -0.138. The van der Waals surface area contributed by atoms with E-state index in [0.717, 1.165) is 0 Å². The zero-order valence-corrected chi connectivity index (χ0v) is 20.4. The molecule has 0 heterocycles. The van der Waals surface area contributed by atoms with Gasteiger partial charge in [0.15, 0.2) is 27.1 Å². The van der Waals surface area contributed by atoms with Crippen LogP contribution in [0.3, 0.4) is 0 Å². The minimum Gasteiger partial charge on any atom is -0.462 e. The maximum Gasteiger partial charge on any atom is 0.469 e. The first kappa shape index (κ1) is 24.2. The van der Waals surface area contributed by atoms with E-state index in [1.54, 1.807) is 6.92 Å². The first-order chi connectivity index (χ1) is 11.7. The van der Waals surface area contributed by atoms with E-state index in [2.05, 4.69) is 26.3 Å². The highest BCUT2D eigenvalue weighted by Gasteiger charge is 2.43. The SMILES string of the molecule is C=C[SiH](C)O[Si](CCCOC(=O)C(=C)C)(O[SiH](C)C=C)O[SiH](C)C=C. The van der Waals surface area contributed by atoms with E-state index in [4.69, 9.17) is 17.1 Å². The zero-order chi connectivity index (χ0) is 19.5. The molecule has 0 spiro atoms. The lowest BCUT2D eigenvalue weighted by atomic mass is 10.4. The number of carbonyl (C=O) groups is 1. The Hall–Kier alpha value is -0.822. The van der Waals surface area contributed by atoms with Crippen molar-refractivity contribution in [2.75, 3.05) is 6.61 Å². The van der Waals surface area contributed by atoms with Gasteiger partial charge < -0.3 is 17.1 Å². The molecule has 0 aliphatic rings. The molecule has 0 aliphatic heterocycles. The Morgan fingerprint density at radius 1 is 0.960 bits per heavy atom. The summed E-state index contributed by atoms with van der Waals surface area (Å²) in [6, 6.07) is 0.595. The fraction of sp³-hybridized carbons (Fsp3) is 0.438. The molecule has 0 amide bonds. The highest BCUT2D eigenvalue weighted by Crippen LogP contribution is 2.22. The summed E-state index contributed by atoms with van der Waals surface area (Å²) in [4.78, 5) is 11.5. The molecule has 142 valence electrons. The van der Waals surface area contributed by atoms with Gasteiger partial charge in [0, 0.05) is 11.6 Å². The van der Waals surface area contributed by atoms with E-state index in [1.165, 1.54) is 0 Å². The van der Waals surface area contributed by atoms with Crippen LogP contribution in [0.25, 0.3) is 0 Å². The average Bonchev–Trinajstić information content (AvgIpc) is 2.57. The number of hydrogen-bond acceptors (Lipinski definition) is 5. The highest BCUT2D eigenvalue weighted by molar-refractivity contribution is 6.82. The van der Waals surface area contributed by atoms with Gasteiger partial charge in [0.25, 0.3) is 0 Å². The van der Waals surface area contributed by atoms with Gasteiger partial charge in [-0.3, -0.25) is 0 Å². The molecule has 0 aromatic heterocycles. The summed E-state index contributed by atoms with van der Waals surface area (Å²) in [5.74, 6) is -0.383. The first-order valence-electron chi connectivity index (χ1n) is 8.43. The zero-order valence-electron chi connectivity index (χ0n) is 16.0. The van der Waals surface area contributed by atoms with Gasteiger partial charge in [0.05, 0.1) is 6.61 Å². The predicted octanol–water partition coefficient (Wildman–Crippen LogP) is 2.72. The summed E-state index contributed by atoms with van der Waals surface area (Å²) in [5.41, 5.74) is 5.96. The number of esters is 1. The number of carbonyl (C=O) groups excluding carboxylic acids is 1. The van der Waals surface area contributed by atoms with Gasteiger partial charge in [-0.15, -0.1) is 19.7 Å². The molecule has 0 aromatic rings. The molecule has 0 radical (unpaired) electrons. The molecule has 0 rings (SSSR count). The number of ether oxygens (including phenoxy) is 1. The third kappa shape index (κ3) is 10.0. The van der Waals surface area contributed by atoms with Crippen LogP contribution in [0.2, 0.25) is 25.7 Å². The second kappa shape index (κ2) is 12.5.